The van der Waals surface area contributed by atoms with Gasteiger partial charge < -0.3 is 11.1 Å². The van der Waals surface area contributed by atoms with Crippen LogP contribution in [0.1, 0.15) is 37.1 Å². The molecular weight excluding hydrogens is 519 g/mol. The topological polar surface area (TPSA) is 132 Å². The first kappa shape index (κ1) is 25.1. The van der Waals surface area contributed by atoms with Gasteiger partial charge in [-0.15, -0.1) is 11.3 Å². The molecule has 0 spiro atoms. The van der Waals surface area contributed by atoms with E-state index in [1.54, 1.807) is 14.0 Å². The number of thiophene rings is 1. The van der Waals surface area contributed by atoms with Crippen LogP contribution in [0.25, 0.3) is 32.6 Å². The molecule has 4 N–H and O–H groups in total. The van der Waals surface area contributed by atoms with Gasteiger partial charge in [-0.3, -0.25) is 19.4 Å². The molecule has 0 bridgehead atoms. The van der Waals surface area contributed by atoms with Crippen molar-refractivity contribution in [3.63, 3.8) is 0 Å². The lowest BCUT2D eigenvalue weighted by Crippen LogP contribution is -2.17. The van der Waals surface area contributed by atoms with Crippen molar-refractivity contribution in [3.8, 4) is 22.4 Å². The number of amides is 2. The zero-order chi connectivity index (χ0) is 27.4. The van der Waals surface area contributed by atoms with Crippen LogP contribution in [0.4, 0.5) is 18.9 Å². The molecule has 0 aliphatic rings. The fraction of sp³-hybridized carbons (Fsp3) is 0.160. The van der Waals surface area contributed by atoms with Crippen LogP contribution in [0.5, 0.6) is 0 Å². The Morgan fingerprint density at radius 1 is 1.11 bits per heavy atom. The minimum atomic E-state index is -4.75. The molecule has 5 rings (SSSR count). The minimum Gasteiger partial charge on any atom is -0.365 e. The summed E-state index contributed by atoms with van der Waals surface area (Å²) in [6.07, 6.45) is -3.33. The molecule has 0 aliphatic carbocycles. The van der Waals surface area contributed by atoms with E-state index in [0.717, 1.165) is 17.2 Å². The van der Waals surface area contributed by atoms with Crippen molar-refractivity contribution < 1.29 is 22.8 Å². The van der Waals surface area contributed by atoms with Crippen LogP contribution in [-0.2, 0) is 13.2 Å². The summed E-state index contributed by atoms with van der Waals surface area (Å²) in [6.45, 7) is 3.64. The number of hydrogen-bond acceptors (Lipinski definition) is 6. The lowest BCUT2D eigenvalue weighted by atomic mass is 10.0. The fourth-order valence-electron chi connectivity index (χ4n) is 4.00. The van der Waals surface area contributed by atoms with Gasteiger partial charge in [0.25, 0.3) is 11.8 Å². The Morgan fingerprint density at radius 2 is 1.82 bits per heavy atom. The summed E-state index contributed by atoms with van der Waals surface area (Å²) < 4.78 is 42.7. The van der Waals surface area contributed by atoms with Gasteiger partial charge in [-0.1, -0.05) is 29.8 Å². The number of nitrogens with one attached hydrogen (secondary N) is 2. The molecule has 0 saturated heterocycles. The first-order chi connectivity index (χ1) is 17.9. The van der Waals surface area contributed by atoms with E-state index in [1.165, 1.54) is 16.9 Å². The normalized spacial score (nSPS) is 11.7. The number of rotatable bonds is 5. The van der Waals surface area contributed by atoms with Crippen molar-refractivity contribution in [2.24, 2.45) is 12.8 Å². The van der Waals surface area contributed by atoms with Gasteiger partial charge in [0, 0.05) is 29.3 Å². The number of primary amides is 1. The molecule has 0 atom stereocenters. The molecule has 0 unspecified atom stereocenters. The number of anilines is 1. The Hall–Kier alpha value is -4.52. The second-order valence-electron chi connectivity index (χ2n) is 8.66. The number of nitrogens with zero attached hydrogens (tertiary/aromatic N) is 4. The van der Waals surface area contributed by atoms with Gasteiger partial charge in [0.1, 0.15) is 21.1 Å². The zero-order valence-corrected chi connectivity index (χ0v) is 21.1. The Labute approximate surface area is 217 Å². The van der Waals surface area contributed by atoms with Gasteiger partial charge in [0.2, 0.25) is 0 Å². The molecule has 4 heterocycles. The minimum absolute atomic E-state index is 0.0338. The smallest absolute Gasteiger partial charge is 0.365 e. The number of aromatic amines is 1. The van der Waals surface area contributed by atoms with Crippen molar-refractivity contribution in [1.82, 2.24) is 25.0 Å². The van der Waals surface area contributed by atoms with E-state index < -0.39 is 23.7 Å². The van der Waals surface area contributed by atoms with Crippen LogP contribution in [0.2, 0.25) is 0 Å². The van der Waals surface area contributed by atoms with Crippen molar-refractivity contribution in [2.75, 3.05) is 5.32 Å². The van der Waals surface area contributed by atoms with Crippen molar-refractivity contribution in [1.29, 1.82) is 0 Å². The summed E-state index contributed by atoms with van der Waals surface area (Å²) in [5, 5.41) is 13.8. The summed E-state index contributed by atoms with van der Waals surface area (Å²) in [5.74, 6) is -1.58. The quantitative estimate of drug-likeness (QED) is 0.287. The summed E-state index contributed by atoms with van der Waals surface area (Å²) >= 11 is 0.671. The number of benzene rings is 1. The zero-order valence-electron chi connectivity index (χ0n) is 20.3. The summed E-state index contributed by atoms with van der Waals surface area (Å²) in [4.78, 5) is 29.1. The van der Waals surface area contributed by atoms with E-state index in [9.17, 15) is 22.8 Å². The SMILES string of the molecule is Cc1ccc(-c2cc(C(=O)Nc3c(C(N)=O)sc4nc(C(F)(F)F)cc(-c5cnn(C)c5C)c34)[nH]n2)cc1. The van der Waals surface area contributed by atoms with Crippen LogP contribution in [0.15, 0.2) is 42.6 Å². The highest BCUT2D eigenvalue weighted by molar-refractivity contribution is 7.21. The first-order valence-corrected chi connectivity index (χ1v) is 12.0. The molecule has 2 amide bonds. The third-order valence-corrected chi connectivity index (χ3v) is 7.21. The van der Waals surface area contributed by atoms with Gasteiger partial charge in [0.05, 0.1) is 17.6 Å². The molecule has 38 heavy (non-hydrogen) atoms. The molecule has 0 aliphatic heterocycles. The highest BCUT2D eigenvalue weighted by Gasteiger charge is 2.35. The molecular formula is C25H20F3N7O2S. The van der Waals surface area contributed by atoms with Crippen molar-refractivity contribution in [3.05, 3.63) is 70.1 Å². The maximum atomic E-state index is 13.7. The van der Waals surface area contributed by atoms with Gasteiger partial charge in [-0.25, -0.2) is 4.98 Å². The number of H-pyrrole nitrogens is 1. The lowest BCUT2D eigenvalue weighted by molar-refractivity contribution is -0.140. The molecule has 1 aromatic carbocycles. The Kier molecular flexibility index (Phi) is 6.02. The molecule has 0 fully saturated rings. The molecule has 0 saturated carbocycles. The molecule has 9 nitrogen and oxygen atoms in total. The highest BCUT2D eigenvalue weighted by Crippen LogP contribution is 2.44. The van der Waals surface area contributed by atoms with Crippen LogP contribution >= 0.6 is 11.3 Å². The largest absolute Gasteiger partial charge is 0.433 e. The number of hydrogen-bond donors (Lipinski definition) is 3. The van der Waals surface area contributed by atoms with E-state index in [2.05, 4.69) is 25.6 Å². The number of aromatic nitrogens is 5. The Morgan fingerprint density at radius 3 is 2.42 bits per heavy atom. The second kappa shape index (κ2) is 9.10. The monoisotopic (exact) mass is 539 g/mol. The van der Waals surface area contributed by atoms with E-state index in [1.807, 2.05) is 31.2 Å². The number of carbonyl (C=O) groups is 2. The van der Waals surface area contributed by atoms with Gasteiger partial charge in [-0.2, -0.15) is 23.4 Å². The summed E-state index contributed by atoms with van der Waals surface area (Å²) in [6, 6.07) is 9.94. The van der Waals surface area contributed by atoms with Gasteiger partial charge in [0.15, 0.2) is 0 Å². The summed E-state index contributed by atoms with van der Waals surface area (Å²) in [7, 11) is 1.65. The number of aryl methyl sites for hydroxylation is 2. The average molecular weight is 540 g/mol. The predicted molar refractivity (Wildman–Crippen MR) is 137 cm³/mol. The number of carbonyl (C=O) groups excluding carboxylic acids is 2. The fourth-order valence-corrected chi connectivity index (χ4v) is 5.01. The molecule has 194 valence electrons. The van der Waals surface area contributed by atoms with E-state index in [-0.39, 0.29) is 32.0 Å². The van der Waals surface area contributed by atoms with E-state index in [0.29, 0.717) is 28.3 Å². The molecule has 13 heteroatoms. The van der Waals surface area contributed by atoms with Gasteiger partial charge >= 0.3 is 6.18 Å². The Bertz CT molecular complexity index is 1720. The third kappa shape index (κ3) is 4.41. The maximum Gasteiger partial charge on any atom is 0.433 e. The van der Waals surface area contributed by atoms with Crippen LogP contribution in [0.3, 0.4) is 0 Å². The number of pyridine rings is 1. The predicted octanol–water partition coefficient (Wildman–Crippen LogP) is 5.07. The number of halogens is 3. The molecule has 5 aromatic rings. The standard InChI is InChI=1S/C25H20F3N7O2S/c1-11-4-6-13(7-5-11)16-9-17(34-33-16)23(37)32-20-19-14(15-10-30-35(3)12(15)2)8-18(25(26,27)28)31-24(19)38-21(20)22(29)36/h4-10H,1-3H3,(H2,29,36)(H,32,37)(H,33,34). The Balaban J connectivity index is 1.65. The number of fused-ring (bicyclic) bond motifs is 1. The van der Waals surface area contributed by atoms with Crippen LogP contribution in [-0.4, -0.2) is 36.8 Å². The second-order valence-corrected chi connectivity index (χ2v) is 9.66. The number of alkyl halides is 3. The third-order valence-electron chi connectivity index (χ3n) is 6.11. The van der Waals surface area contributed by atoms with Gasteiger partial charge in [-0.05, 0) is 31.5 Å². The molecule has 4 aromatic heterocycles. The molecule has 0 radical (unpaired) electrons. The lowest BCUT2D eigenvalue weighted by Gasteiger charge is -2.12. The van der Waals surface area contributed by atoms with Crippen LogP contribution < -0.4 is 11.1 Å². The highest BCUT2D eigenvalue weighted by atomic mass is 32.1. The van der Waals surface area contributed by atoms with Crippen molar-refractivity contribution in [2.45, 2.75) is 20.0 Å². The maximum absolute atomic E-state index is 13.7. The summed E-state index contributed by atoms with van der Waals surface area (Å²) in [5.41, 5.74) is 7.90. The average Bonchev–Trinajstić information content (AvgIpc) is 3.57. The van der Waals surface area contributed by atoms with E-state index in [4.69, 9.17) is 5.73 Å². The van der Waals surface area contributed by atoms with E-state index >= 15 is 0 Å². The first-order valence-electron chi connectivity index (χ1n) is 11.2. The van der Waals surface area contributed by atoms with Crippen LogP contribution in [0, 0.1) is 13.8 Å². The number of nitrogens with two attached hydrogens (primary N) is 1. The van der Waals surface area contributed by atoms with Crippen molar-refractivity contribution >= 4 is 39.1 Å².